The summed E-state index contributed by atoms with van der Waals surface area (Å²) >= 11 is 0. The molecule has 106 valence electrons. The zero-order valence-electron chi connectivity index (χ0n) is 12.1. The number of hydrogen-bond donors (Lipinski definition) is 1. The fraction of sp³-hybridized carbons (Fsp3) is 0.176. The molecule has 0 aliphatic carbocycles. The molecule has 0 radical (unpaired) electrons. The van der Waals surface area contributed by atoms with Crippen LogP contribution < -0.4 is 5.32 Å². The van der Waals surface area contributed by atoms with Gasteiger partial charge in [-0.1, -0.05) is 36.4 Å². The highest BCUT2D eigenvalue weighted by atomic mass is 16.1. The smallest absolute Gasteiger partial charge is 0.251 e. The van der Waals surface area contributed by atoms with Gasteiger partial charge in [-0.2, -0.15) is 5.10 Å². The molecule has 1 atom stereocenters. The van der Waals surface area contributed by atoms with E-state index in [-0.39, 0.29) is 11.9 Å². The van der Waals surface area contributed by atoms with Gasteiger partial charge in [-0.05, 0) is 24.6 Å². The molecule has 1 amide bonds. The molecule has 0 aliphatic heterocycles. The highest BCUT2D eigenvalue weighted by molar-refractivity contribution is 5.98. The van der Waals surface area contributed by atoms with E-state index in [0.29, 0.717) is 5.56 Å². The van der Waals surface area contributed by atoms with Crippen molar-refractivity contribution in [3.8, 4) is 0 Å². The van der Waals surface area contributed by atoms with Crippen LogP contribution in [0.4, 0.5) is 0 Å². The Hall–Kier alpha value is -2.62. The van der Waals surface area contributed by atoms with Gasteiger partial charge in [0.15, 0.2) is 0 Å². The zero-order valence-corrected chi connectivity index (χ0v) is 12.1. The number of carbonyl (C=O) groups is 1. The first-order valence-electron chi connectivity index (χ1n) is 6.93. The highest BCUT2D eigenvalue weighted by Gasteiger charge is 2.12. The Bertz CT molecular complexity index is 777. The number of nitrogens with one attached hydrogen (secondary N) is 1. The third-order valence-electron chi connectivity index (χ3n) is 3.66. The molecule has 4 heteroatoms. The lowest BCUT2D eigenvalue weighted by Gasteiger charge is -2.14. The van der Waals surface area contributed by atoms with E-state index < -0.39 is 0 Å². The van der Waals surface area contributed by atoms with Crippen LogP contribution in [-0.4, -0.2) is 15.7 Å². The van der Waals surface area contributed by atoms with Crippen molar-refractivity contribution in [1.29, 1.82) is 0 Å². The van der Waals surface area contributed by atoms with Crippen LogP contribution in [0.3, 0.4) is 0 Å². The number of aromatic nitrogens is 2. The number of rotatable bonds is 3. The van der Waals surface area contributed by atoms with E-state index in [9.17, 15) is 4.79 Å². The minimum atomic E-state index is -0.0746. The molecule has 0 fully saturated rings. The Morgan fingerprint density at radius 1 is 1.19 bits per heavy atom. The molecule has 0 saturated carbocycles. The van der Waals surface area contributed by atoms with Gasteiger partial charge in [0.25, 0.3) is 5.91 Å². The van der Waals surface area contributed by atoms with Gasteiger partial charge in [-0.15, -0.1) is 0 Å². The molecule has 0 spiro atoms. The van der Waals surface area contributed by atoms with Gasteiger partial charge >= 0.3 is 0 Å². The summed E-state index contributed by atoms with van der Waals surface area (Å²) in [4.78, 5) is 12.4. The summed E-state index contributed by atoms with van der Waals surface area (Å²) in [5.74, 6) is -0.0746. The molecule has 1 aromatic heterocycles. The van der Waals surface area contributed by atoms with Crippen molar-refractivity contribution in [1.82, 2.24) is 15.1 Å². The highest BCUT2D eigenvalue weighted by Crippen LogP contribution is 2.16. The van der Waals surface area contributed by atoms with E-state index in [1.54, 1.807) is 10.9 Å². The van der Waals surface area contributed by atoms with Crippen LogP contribution in [0.25, 0.3) is 10.9 Å². The fourth-order valence-electron chi connectivity index (χ4n) is 2.39. The van der Waals surface area contributed by atoms with Crippen molar-refractivity contribution in [3.05, 3.63) is 65.9 Å². The Balaban J connectivity index is 1.82. The Morgan fingerprint density at radius 2 is 1.95 bits per heavy atom. The topological polar surface area (TPSA) is 46.9 Å². The Kier molecular flexibility index (Phi) is 3.44. The molecule has 1 unspecified atom stereocenters. The molecule has 4 nitrogen and oxygen atoms in total. The third kappa shape index (κ3) is 2.65. The maximum atomic E-state index is 12.4. The minimum Gasteiger partial charge on any atom is -0.346 e. The SMILES string of the molecule is CC(NC(=O)c1ccc2cnn(C)c2c1)c1ccccc1. The van der Waals surface area contributed by atoms with E-state index in [1.165, 1.54) is 0 Å². The van der Waals surface area contributed by atoms with Gasteiger partial charge in [0.05, 0.1) is 17.8 Å². The number of fused-ring (bicyclic) bond motifs is 1. The van der Waals surface area contributed by atoms with E-state index >= 15 is 0 Å². The molecular formula is C17H17N3O. The van der Waals surface area contributed by atoms with Gasteiger partial charge in [0, 0.05) is 18.0 Å². The Labute approximate surface area is 123 Å². The first-order valence-corrected chi connectivity index (χ1v) is 6.93. The van der Waals surface area contributed by atoms with E-state index in [2.05, 4.69) is 10.4 Å². The summed E-state index contributed by atoms with van der Waals surface area (Å²) in [7, 11) is 1.87. The molecule has 1 heterocycles. The number of carbonyl (C=O) groups excluding carboxylic acids is 1. The van der Waals surface area contributed by atoms with E-state index in [4.69, 9.17) is 0 Å². The average Bonchev–Trinajstić information content (AvgIpc) is 2.89. The molecule has 0 saturated heterocycles. The van der Waals surface area contributed by atoms with Crippen LogP contribution in [0, 0.1) is 0 Å². The molecule has 2 aromatic carbocycles. The van der Waals surface area contributed by atoms with Gasteiger partial charge in [-0.3, -0.25) is 9.48 Å². The largest absolute Gasteiger partial charge is 0.346 e. The summed E-state index contributed by atoms with van der Waals surface area (Å²) in [6.45, 7) is 1.98. The van der Waals surface area contributed by atoms with Crippen molar-refractivity contribution in [3.63, 3.8) is 0 Å². The Morgan fingerprint density at radius 3 is 2.71 bits per heavy atom. The lowest BCUT2D eigenvalue weighted by atomic mass is 10.1. The van der Waals surface area contributed by atoms with Crippen LogP contribution in [0.5, 0.6) is 0 Å². The minimum absolute atomic E-state index is 0.0269. The summed E-state index contributed by atoms with van der Waals surface area (Å²) in [6, 6.07) is 15.5. The molecule has 0 bridgehead atoms. The molecule has 3 aromatic rings. The van der Waals surface area contributed by atoms with E-state index in [1.807, 2.05) is 62.5 Å². The van der Waals surface area contributed by atoms with Crippen molar-refractivity contribution in [2.24, 2.45) is 7.05 Å². The predicted octanol–water partition coefficient (Wildman–Crippen LogP) is 3.06. The number of nitrogens with zero attached hydrogens (tertiary/aromatic N) is 2. The normalized spacial score (nSPS) is 12.3. The predicted molar refractivity (Wildman–Crippen MR) is 83.0 cm³/mol. The molecule has 21 heavy (non-hydrogen) atoms. The maximum absolute atomic E-state index is 12.4. The van der Waals surface area contributed by atoms with Crippen molar-refractivity contribution in [2.75, 3.05) is 0 Å². The fourth-order valence-corrected chi connectivity index (χ4v) is 2.39. The second kappa shape index (κ2) is 5.40. The number of amides is 1. The second-order valence-electron chi connectivity index (χ2n) is 5.15. The summed E-state index contributed by atoms with van der Waals surface area (Å²) in [6.07, 6.45) is 1.80. The third-order valence-corrected chi connectivity index (χ3v) is 3.66. The molecule has 0 aliphatic rings. The number of benzene rings is 2. The number of aryl methyl sites for hydroxylation is 1. The lowest BCUT2D eigenvalue weighted by Crippen LogP contribution is -2.26. The van der Waals surface area contributed by atoms with Crippen LogP contribution in [0.2, 0.25) is 0 Å². The maximum Gasteiger partial charge on any atom is 0.251 e. The monoisotopic (exact) mass is 279 g/mol. The zero-order chi connectivity index (χ0) is 14.8. The standard InChI is InChI=1S/C17H17N3O/c1-12(13-6-4-3-5-7-13)19-17(21)14-8-9-15-11-18-20(2)16(15)10-14/h3-12H,1-2H3,(H,19,21). The lowest BCUT2D eigenvalue weighted by molar-refractivity contribution is 0.0940. The van der Waals surface area contributed by atoms with Crippen molar-refractivity contribution in [2.45, 2.75) is 13.0 Å². The van der Waals surface area contributed by atoms with Gasteiger partial charge in [0.1, 0.15) is 0 Å². The van der Waals surface area contributed by atoms with Crippen molar-refractivity contribution < 1.29 is 4.79 Å². The van der Waals surface area contributed by atoms with Crippen LogP contribution in [-0.2, 0) is 7.05 Å². The van der Waals surface area contributed by atoms with Crippen LogP contribution in [0.1, 0.15) is 28.9 Å². The first-order chi connectivity index (χ1) is 10.1. The summed E-state index contributed by atoms with van der Waals surface area (Å²) in [5, 5.41) is 8.24. The first kappa shape index (κ1) is 13.4. The van der Waals surface area contributed by atoms with Gasteiger partial charge in [-0.25, -0.2) is 0 Å². The molecule has 3 rings (SSSR count). The van der Waals surface area contributed by atoms with Crippen LogP contribution >= 0.6 is 0 Å². The summed E-state index contributed by atoms with van der Waals surface area (Å²) in [5.41, 5.74) is 2.69. The van der Waals surface area contributed by atoms with Gasteiger partial charge < -0.3 is 5.32 Å². The van der Waals surface area contributed by atoms with Gasteiger partial charge in [0.2, 0.25) is 0 Å². The quantitative estimate of drug-likeness (QED) is 0.801. The average molecular weight is 279 g/mol. The van der Waals surface area contributed by atoms with E-state index in [0.717, 1.165) is 16.5 Å². The summed E-state index contributed by atoms with van der Waals surface area (Å²) < 4.78 is 1.77. The molecular weight excluding hydrogens is 262 g/mol. The molecule has 1 N–H and O–H groups in total. The van der Waals surface area contributed by atoms with Crippen LogP contribution in [0.15, 0.2) is 54.7 Å². The second-order valence-corrected chi connectivity index (χ2v) is 5.15. The number of hydrogen-bond acceptors (Lipinski definition) is 2. The van der Waals surface area contributed by atoms with Crippen molar-refractivity contribution >= 4 is 16.8 Å².